The quantitative estimate of drug-likeness (QED) is 0.380. The van der Waals surface area contributed by atoms with E-state index in [9.17, 15) is 26.4 Å². The minimum Gasteiger partial charge on any atom is -0.304 e. The number of hydrogen-bond acceptors (Lipinski definition) is 5. The minimum absolute atomic E-state index is 0.0206. The molecular formula is C29H27F3N4O3S. The number of pyridine rings is 1. The molecular weight excluding hydrogens is 541 g/mol. The van der Waals surface area contributed by atoms with Crippen molar-refractivity contribution in [1.29, 1.82) is 5.26 Å². The number of para-hydroxylation sites is 1. The average molecular weight is 569 g/mol. The number of carbonyl (C=O) groups excluding carboxylic acids is 1. The molecule has 2 heterocycles. The highest BCUT2D eigenvalue weighted by Gasteiger charge is 2.45. The average Bonchev–Trinajstić information content (AvgIpc) is 2.93. The second-order valence-corrected chi connectivity index (χ2v) is 12.0. The molecule has 2 fully saturated rings. The summed E-state index contributed by atoms with van der Waals surface area (Å²) in [7, 11) is -4.46. The molecule has 5 rings (SSSR count). The van der Waals surface area contributed by atoms with Crippen LogP contribution in [0.15, 0.2) is 59.6 Å². The molecule has 1 aliphatic heterocycles. The summed E-state index contributed by atoms with van der Waals surface area (Å²) in [4.78, 5) is 18.9. The summed E-state index contributed by atoms with van der Waals surface area (Å²) in [5.41, 5.74) is 0.836. The Morgan fingerprint density at radius 2 is 1.77 bits per heavy atom. The highest BCUT2D eigenvalue weighted by molar-refractivity contribution is 7.89. The Morgan fingerprint density at radius 3 is 2.40 bits per heavy atom. The van der Waals surface area contributed by atoms with Gasteiger partial charge in [-0.25, -0.2) is 21.6 Å². The van der Waals surface area contributed by atoms with Crippen molar-refractivity contribution in [3.05, 3.63) is 89.0 Å². The van der Waals surface area contributed by atoms with E-state index >= 15 is 0 Å². The number of anilines is 1. The van der Waals surface area contributed by atoms with Gasteiger partial charge in [-0.3, -0.25) is 9.78 Å². The van der Waals surface area contributed by atoms with Gasteiger partial charge < -0.3 is 4.90 Å². The Kier molecular flexibility index (Phi) is 7.92. The van der Waals surface area contributed by atoms with Gasteiger partial charge >= 0.3 is 0 Å². The molecule has 1 saturated heterocycles. The van der Waals surface area contributed by atoms with Gasteiger partial charge in [-0.05, 0) is 55.2 Å². The monoisotopic (exact) mass is 568 g/mol. The van der Waals surface area contributed by atoms with E-state index in [2.05, 4.69) is 4.98 Å². The summed E-state index contributed by atoms with van der Waals surface area (Å²) < 4.78 is 70.3. The van der Waals surface area contributed by atoms with Crippen LogP contribution >= 0.6 is 0 Å². The van der Waals surface area contributed by atoms with Crippen molar-refractivity contribution in [3.63, 3.8) is 0 Å². The molecule has 0 unspecified atom stereocenters. The molecule has 0 N–H and O–H groups in total. The van der Waals surface area contributed by atoms with Gasteiger partial charge in [0.15, 0.2) is 11.6 Å². The Balaban J connectivity index is 1.42. The number of sulfonamides is 1. The first-order valence-corrected chi connectivity index (χ1v) is 14.6. The molecule has 0 bridgehead atoms. The number of rotatable bonds is 7. The standard InChI is InChI=1S/C29H27F3N4O3S/c30-23-8-4-5-9-26(23)35(18-19-10-11-25(34-17-19)20-6-2-1-3-7-20)29(37)27-12-13-36(27)40(38,39)22-14-21(16-33)28(32)24(31)15-22/h4-5,8-11,14-15,17,20,27H,1-3,6-7,12-13,18H2/t27-/m1/s1. The zero-order chi connectivity index (χ0) is 28.4. The predicted molar refractivity (Wildman–Crippen MR) is 141 cm³/mol. The molecule has 1 aromatic heterocycles. The number of amides is 1. The molecule has 3 aromatic rings. The van der Waals surface area contributed by atoms with E-state index in [1.54, 1.807) is 12.3 Å². The van der Waals surface area contributed by atoms with E-state index in [-0.39, 0.29) is 25.2 Å². The number of halogens is 3. The van der Waals surface area contributed by atoms with Crippen molar-refractivity contribution < 1.29 is 26.4 Å². The molecule has 1 amide bonds. The van der Waals surface area contributed by atoms with Crippen molar-refractivity contribution in [1.82, 2.24) is 9.29 Å². The van der Waals surface area contributed by atoms with Gasteiger partial charge in [0.2, 0.25) is 15.9 Å². The van der Waals surface area contributed by atoms with E-state index in [0.29, 0.717) is 17.5 Å². The Hall–Kier alpha value is -3.75. The second kappa shape index (κ2) is 11.4. The number of hydrogen-bond donors (Lipinski definition) is 0. The number of nitrogens with zero attached hydrogens (tertiary/aromatic N) is 4. The van der Waals surface area contributed by atoms with Gasteiger partial charge in [0.25, 0.3) is 0 Å². The molecule has 1 saturated carbocycles. The van der Waals surface area contributed by atoms with Crippen LogP contribution in [0.3, 0.4) is 0 Å². The van der Waals surface area contributed by atoms with Crippen LogP contribution in [-0.4, -0.2) is 36.2 Å². The molecule has 2 aliphatic rings. The first kappa shape index (κ1) is 27.8. The molecule has 1 aliphatic carbocycles. The molecule has 1 atom stereocenters. The van der Waals surface area contributed by atoms with Crippen LogP contribution in [0.25, 0.3) is 0 Å². The van der Waals surface area contributed by atoms with Crippen LogP contribution in [0.5, 0.6) is 0 Å². The topological polar surface area (TPSA) is 94.4 Å². The van der Waals surface area contributed by atoms with E-state index < -0.39 is 49.9 Å². The predicted octanol–water partition coefficient (Wildman–Crippen LogP) is 5.41. The van der Waals surface area contributed by atoms with Crippen molar-refractivity contribution in [3.8, 4) is 6.07 Å². The number of carbonyl (C=O) groups is 1. The van der Waals surface area contributed by atoms with Gasteiger partial charge in [0.1, 0.15) is 17.9 Å². The van der Waals surface area contributed by atoms with E-state index in [0.717, 1.165) is 41.7 Å². The third-order valence-electron chi connectivity index (χ3n) is 7.61. The summed E-state index contributed by atoms with van der Waals surface area (Å²) >= 11 is 0. The SMILES string of the molecule is N#Cc1cc(S(=O)(=O)N2CC[C@@H]2C(=O)N(Cc2ccc(C3CCCCC3)nc2)c2ccccc2F)cc(F)c1F. The van der Waals surface area contributed by atoms with Gasteiger partial charge in [-0.1, -0.05) is 37.5 Å². The molecule has 0 radical (unpaired) electrons. The molecule has 7 nitrogen and oxygen atoms in total. The zero-order valence-electron chi connectivity index (χ0n) is 21.6. The van der Waals surface area contributed by atoms with Crippen molar-refractivity contribution >= 4 is 21.6 Å². The lowest BCUT2D eigenvalue weighted by Gasteiger charge is -2.41. The first-order valence-electron chi connectivity index (χ1n) is 13.1. The molecule has 0 spiro atoms. The zero-order valence-corrected chi connectivity index (χ0v) is 22.4. The smallest absolute Gasteiger partial charge is 0.245 e. The summed E-state index contributed by atoms with van der Waals surface area (Å²) in [5, 5.41) is 9.07. The number of benzene rings is 2. The van der Waals surface area contributed by atoms with E-state index in [1.807, 2.05) is 12.1 Å². The van der Waals surface area contributed by atoms with Crippen molar-refractivity contribution in [2.24, 2.45) is 0 Å². The maximum absolute atomic E-state index is 14.9. The fraction of sp³-hybridized carbons (Fsp3) is 0.345. The summed E-state index contributed by atoms with van der Waals surface area (Å²) in [6, 6.07) is 10.9. The van der Waals surface area contributed by atoms with Crippen LogP contribution < -0.4 is 4.90 Å². The fourth-order valence-electron chi connectivity index (χ4n) is 5.31. The van der Waals surface area contributed by atoms with Crippen LogP contribution in [-0.2, 0) is 21.4 Å². The molecule has 11 heteroatoms. The molecule has 40 heavy (non-hydrogen) atoms. The highest BCUT2D eigenvalue weighted by Crippen LogP contribution is 2.34. The molecule has 208 valence electrons. The van der Waals surface area contributed by atoms with E-state index in [1.165, 1.54) is 35.6 Å². The first-order chi connectivity index (χ1) is 19.2. The largest absolute Gasteiger partial charge is 0.304 e. The highest BCUT2D eigenvalue weighted by atomic mass is 32.2. The summed E-state index contributed by atoms with van der Waals surface area (Å²) in [5.74, 6) is -3.88. The number of aromatic nitrogens is 1. The molecule has 2 aromatic carbocycles. The third kappa shape index (κ3) is 5.33. The van der Waals surface area contributed by atoms with Gasteiger partial charge in [-0.2, -0.15) is 9.57 Å². The fourth-order valence-corrected chi connectivity index (χ4v) is 6.98. The lowest BCUT2D eigenvalue weighted by molar-refractivity contribution is -0.125. The van der Waals surface area contributed by atoms with E-state index in [4.69, 9.17) is 5.26 Å². The van der Waals surface area contributed by atoms with Gasteiger partial charge in [0, 0.05) is 24.4 Å². The van der Waals surface area contributed by atoms with Crippen molar-refractivity contribution in [2.75, 3.05) is 11.4 Å². The third-order valence-corrected chi connectivity index (χ3v) is 9.49. The van der Waals surface area contributed by atoms with Crippen LogP contribution in [0.2, 0.25) is 0 Å². The summed E-state index contributed by atoms with van der Waals surface area (Å²) in [6.45, 7) is -0.103. The second-order valence-electron chi connectivity index (χ2n) is 10.1. The Bertz CT molecular complexity index is 1570. The lowest BCUT2D eigenvalue weighted by atomic mass is 9.86. The summed E-state index contributed by atoms with van der Waals surface area (Å²) in [6.07, 6.45) is 7.50. The van der Waals surface area contributed by atoms with Crippen LogP contribution in [0.4, 0.5) is 18.9 Å². The van der Waals surface area contributed by atoms with Crippen LogP contribution in [0, 0.1) is 28.8 Å². The number of nitriles is 1. The van der Waals surface area contributed by atoms with Gasteiger partial charge in [-0.15, -0.1) is 0 Å². The van der Waals surface area contributed by atoms with Gasteiger partial charge in [0.05, 0.1) is 22.7 Å². The Morgan fingerprint density at radius 1 is 1.02 bits per heavy atom. The minimum atomic E-state index is -4.46. The van der Waals surface area contributed by atoms with Crippen molar-refractivity contribution in [2.45, 2.75) is 61.9 Å². The maximum Gasteiger partial charge on any atom is 0.245 e. The Labute approximate surface area is 230 Å². The maximum atomic E-state index is 14.9. The van der Waals surface area contributed by atoms with Crippen LogP contribution in [0.1, 0.15) is 61.3 Å². The lowest BCUT2D eigenvalue weighted by Crippen LogP contribution is -2.59. The normalized spacial score (nSPS) is 18.1.